The largest absolute Gasteiger partial charge is 0.491 e. The van der Waals surface area contributed by atoms with Crippen molar-refractivity contribution in [3.63, 3.8) is 0 Å². The van der Waals surface area contributed by atoms with E-state index in [1.165, 1.54) is 0 Å². The van der Waals surface area contributed by atoms with E-state index < -0.39 is 0 Å². The summed E-state index contributed by atoms with van der Waals surface area (Å²) in [7, 11) is 4.02. The van der Waals surface area contributed by atoms with Crippen molar-refractivity contribution in [2.45, 2.75) is 6.54 Å². The van der Waals surface area contributed by atoms with Crippen molar-refractivity contribution < 1.29 is 9.26 Å². The fourth-order valence-electron chi connectivity index (χ4n) is 2.35. The molecule has 3 aromatic rings. The Morgan fingerprint density at radius 3 is 2.56 bits per heavy atom. The predicted octanol–water partition coefficient (Wildman–Crippen LogP) is 2.80. The molecule has 25 heavy (non-hydrogen) atoms. The van der Waals surface area contributed by atoms with E-state index in [1.807, 2.05) is 62.6 Å². The zero-order chi connectivity index (χ0) is 17.6. The van der Waals surface area contributed by atoms with Gasteiger partial charge in [-0.15, -0.1) is 0 Å². The van der Waals surface area contributed by atoms with Crippen LogP contribution in [0.15, 0.2) is 53.1 Å². The second-order valence-electron chi connectivity index (χ2n) is 5.97. The Hall–Kier alpha value is -2.70. The molecule has 130 valence electrons. The Balaban J connectivity index is 1.82. The topological polar surface area (TPSA) is 77.4 Å². The highest BCUT2D eigenvalue weighted by atomic mass is 16.5. The number of aromatic nitrogens is 2. The first-order valence-corrected chi connectivity index (χ1v) is 8.17. The molecule has 0 aliphatic rings. The first-order valence-electron chi connectivity index (χ1n) is 8.17. The van der Waals surface area contributed by atoms with E-state index in [2.05, 4.69) is 15.0 Å². The lowest BCUT2D eigenvalue weighted by Gasteiger charge is -2.12. The van der Waals surface area contributed by atoms with Gasteiger partial charge in [0.2, 0.25) is 5.82 Å². The van der Waals surface area contributed by atoms with Gasteiger partial charge < -0.3 is 19.9 Å². The SMILES string of the molecule is CN(C)CCOc1ccccc1-c1nc(-c2ccc(CN)cc2)no1. The summed E-state index contributed by atoms with van der Waals surface area (Å²) in [5.41, 5.74) is 8.37. The van der Waals surface area contributed by atoms with Gasteiger partial charge in [0.05, 0.1) is 5.56 Å². The Bertz CT molecular complexity index is 812. The molecule has 0 fully saturated rings. The molecule has 3 rings (SSSR count). The molecule has 0 aliphatic carbocycles. The molecule has 0 amide bonds. The van der Waals surface area contributed by atoms with E-state index in [-0.39, 0.29) is 0 Å². The minimum absolute atomic E-state index is 0.443. The van der Waals surface area contributed by atoms with Gasteiger partial charge in [-0.2, -0.15) is 4.98 Å². The highest BCUT2D eigenvalue weighted by Crippen LogP contribution is 2.30. The first kappa shape index (κ1) is 17.1. The average Bonchev–Trinajstić information content (AvgIpc) is 3.12. The number of para-hydroxylation sites is 1. The van der Waals surface area contributed by atoms with Crippen molar-refractivity contribution in [3.05, 3.63) is 54.1 Å². The van der Waals surface area contributed by atoms with E-state index in [9.17, 15) is 0 Å². The van der Waals surface area contributed by atoms with Gasteiger partial charge in [-0.05, 0) is 31.8 Å². The summed E-state index contributed by atoms with van der Waals surface area (Å²) in [4.78, 5) is 6.58. The Morgan fingerprint density at radius 1 is 1.08 bits per heavy atom. The molecular formula is C19H22N4O2. The molecule has 0 spiro atoms. The molecule has 6 nitrogen and oxygen atoms in total. The predicted molar refractivity (Wildman–Crippen MR) is 97.1 cm³/mol. The van der Waals surface area contributed by atoms with Crippen LogP contribution < -0.4 is 10.5 Å². The highest BCUT2D eigenvalue weighted by molar-refractivity contribution is 5.65. The van der Waals surface area contributed by atoms with Gasteiger partial charge in [0.25, 0.3) is 5.89 Å². The Morgan fingerprint density at radius 2 is 1.84 bits per heavy atom. The second-order valence-corrected chi connectivity index (χ2v) is 5.97. The molecule has 0 saturated carbocycles. The number of benzene rings is 2. The van der Waals surface area contributed by atoms with Crippen LogP contribution in [0.3, 0.4) is 0 Å². The fraction of sp³-hybridized carbons (Fsp3) is 0.263. The van der Waals surface area contributed by atoms with Crippen molar-refractivity contribution >= 4 is 0 Å². The van der Waals surface area contributed by atoms with Gasteiger partial charge in [0, 0.05) is 18.7 Å². The number of nitrogens with two attached hydrogens (primary N) is 1. The number of likely N-dealkylation sites (N-methyl/N-ethyl adjacent to an activating group) is 1. The van der Waals surface area contributed by atoms with Crippen LogP contribution in [0.1, 0.15) is 5.56 Å². The third-order valence-electron chi connectivity index (χ3n) is 3.79. The molecule has 2 N–H and O–H groups in total. The molecule has 0 aliphatic heterocycles. The van der Waals surface area contributed by atoms with Crippen LogP contribution in [-0.2, 0) is 6.54 Å². The lowest BCUT2D eigenvalue weighted by atomic mass is 10.1. The van der Waals surface area contributed by atoms with Gasteiger partial charge in [-0.3, -0.25) is 0 Å². The smallest absolute Gasteiger partial charge is 0.262 e. The normalized spacial score (nSPS) is 11.0. The molecular weight excluding hydrogens is 316 g/mol. The highest BCUT2D eigenvalue weighted by Gasteiger charge is 2.14. The number of rotatable bonds is 7. The molecule has 1 heterocycles. The molecule has 2 aromatic carbocycles. The number of hydrogen-bond acceptors (Lipinski definition) is 6. The van der Waals surface area contributed by atoms with Crippen molar-refractivity contribution in [1.29, 1.82) is 0 Å². The van der Waals surface area contributed by atoms with Gasteiger partial charge in [-0.25, -0.2) is 0 Å². The van der Waals surface area contributed by atoms with E-state index in [1.54, 1.807) is 0 Å². The minimum Gasteiger partial charge on any atom is -0.491 e. The van der Waals surface area contributed by atoms with Crippen LogP contribution in [0.25, 0.3) is 22.8 Å². The Labute approximate surface area is 147 Å². The summed E-state index contributed by atoms with van der Waals surface area (Å²) < 4.78 is 11.3. The van der Waals surface area contributed by atoms with Gasteiger partial charge in [-0.1, -0.05) is 41.6 Å². The summed E-state index contributed by atoms with van der Waals surface area (Å²) in [6, 6.07) is 15.5. The van der Waals surface area contributed by atoms with Gasteiger partial charge in [0.15, 0.2) is 0 Å². The molecule has 0 bridgehead atoms. The Kier molecular flexibility index (Phi) is 5.42. The lowest BCUT2D eigenvalue weighted by Crippen LogP contribution is -2.19. The molecule has 0 unspecified atom stereocenters. The van der Waals surface area contributed by atoms with Crippen LogP contribution in [0.5, 0.6) is 5.75 Å². The van der Waals surface area contributed by atoms with Crippen molar-refractivity contribution in [1.82, 2.24) is 15.0 Å². The zero-order valence-corrected chi connectivity index (χ0v) is 14.5. The van der Waals surface area contributed by atoms with Crippen molar-refractivity contribution in [2.75, 3.05) is 27.2 Å². The number of nitrogens with zero attached hydrogens (tertiary/aromatic N) is 3. The molecule has 0 atom stereocenters. The van der Waals surface area contributed by atoms with Crippen LogP contribution in [-0.4, -0.2) is 42.3 Å². The fourth-order valence-corrected chi connectivity index (χ4v) is 2.35. The third kappa shape index (κ3) is 4.23. The number of hydrogen-bond donors (Lipinski definition) is 1. The maximum atomic E-state index is 5.86. The summed E-state index contributed by atoms with van der Waals surface area (Å²) >= 11 is 0. The summed E-state index contributed by atoms with van der Waals surface area (Å²) in [5, 5.41) is 4.09. The monoisotopic (exact) mass is 338 g/mol. The van der Waals surface area contributed by atoms with E-state index in [4.69, 9.17) is 15.0 Å². The van der Waals surface area contributed by atoms with Crippen molar-refractivity contribution in [3.8, 4) is 28.6 Å². The molecule has 1 aromatic heterocycles. The van der Waals surface area contributed by atoms with Crippen molar-refractivity contribution in [2.24, 2.45) is 5.73 Å². The summed E-state index contributed by atoms with van der Waals surface area (Å²) in [6.07, 6.45) is 0. The number of ether oxygens (including phenoxy) is 1. The first-order chi connectivity index (χ1) is 12.2. The van der Waals surface area contributed by atoms with Crippen LogP contribution in [0.4, 0.5) is 0 Å². The molecule has 0 saturated heterocycles. The third-order valence-corrected chi connectivity index (χ3v) is 3.79. The zero-order valence-electron chi connectivity index (χ0n) is 14.5. The minimum atomic E-state index is 0.443. The van der Waals surface area contributed by atoms with Gasteiger partial charge >= 0.3 is 0 Å². The van der Waals surface area contributed by atoms with Crippen LogP contribution in [0, 0.1) is 0 Å². The van der Waals surface area contributed by atoms with E-state index >= 15 is 0 Å². The van der Waals surface area contributed by atoms with Gasteiger partial charge in [0.1, 0.15) is 12.4 Å². The standard InChI is InChI=1S/C19H22N4O2/c1-23(2)11-12-24-17-6-4-3-5-16(17)19-21-18(22-25-19)15-9-7-14(13-20)8-10-15/h3-10H,11-13,20H2,1-2H3. The maximum Gasteiger partial charge on any atom is 0.262 e. The van der Waals surface area contributed by atoms with E-state index in [0.717, 1.165) is 29.0 Å². The molecule has 0 radical (unpaired) electrons. The van der Waals surface area contributed by atoms with Crippen LogP contribution >= 0.6 is 0 Å². The summed E-state index contributed by atoms with van der Waals surface area (Å²) in [5.74, 6) is 1.72. The maximum absolute atomic E-state index is 5.86. The quantitative estimate of drug-likeness (QED) is 0.714. The average molecular weight is 338 g/mol. The van der Waals surface area contributed by atoms with Crippen LogP contribution in [0.2, 0.25) is 0 Å². The second kappa shape index (κ2) is 7.92. The lowest BCUT2D eigenvalue weighted by molar-refractivity contribution is 0.261. The van der Waals surface area contributed by atoms with E-state index in [0.29, 0.717) is 24.9 Å². The molecule has 6 heteroatoms. The summed E-state index contributed by atoms with van der Waals surface area (Å²) in [6.45, 7) is 1.93.